The van der Waals surface area contributed by atoms with Crippen LogP contribution in [0.15, 0.2) is 4.79 Å². The summed E-state index contributed by atoms with van der Waals surface area (Å²) in [6.07, 6.45) is 5.49. The van der Waals surface area contributed by atoms with Crippen molar-refractivity contribution in [1.29, 1.82) is 0 Å². The number of nitrogens with two attached hydrogens (primary N) is 1. The Morgan fingerprint density at radius 1 is 1.22 bits per heavy atom. The molecule has 1 aliphatic carbocycles. The lowest BCUT2D eigenvalue weighted by molar-refractivity contribution is -0.139. The number of rotatable bonds is 5. The van der Waals surface area contributed by atoms with Gasteiger partial charge in [0.05, 0.1) is 24.7 Å². The molecule has 1 saturated heterocycles. The smallest absolute Gasteiger partial charge is 0.254 e. The number of hydrogen-bond donors (Lipinski definition) is 2. The lowest BCUT2D eigenvalue weighted by atomic mass is 9.95. The molecule has 0 bridgehead atoms. The fraction of sp³-hybridized carbons (Fsp3) is 0.684. The van der Waals surface area contributed by atoms with Crippen LogP contribution in [-0.4, -0.2) is 57.8 Å². The van der Waals surface area contributed by atoms with Crippen molar-refractivity contribution in [2.45, 2.75) is 45.1 Å². The molecule has 2 amide bonds. The van der Waals surface area contributed by atoms with Crippen molar-refractivity contribution in [2.24, 2.45) is 17.6 Å². The Kier molecular flexibility index (Phi) is 4.99. The van der Waals surface area contributed by atoms with Gasteiger partial charge in [0.1, 0.15) is 5.82 Å². The largest absolute Gasteiger partial charge is 0.369 e. The first-order chi connectivity index (χ1) is 13.0. The fourth-order valence-corrected chi connectivity index (χ4v) is 4.25. The normalized spacial score (nSPS) is 23.1. The second-order valence-electron chi connectivity index (χ2n) is 8.14. The standard InChI is InChI=1S/C19H27N5O3/c20-16(25)11-23-6-1-2-13(9-23)19(27)24-7-5-14-15(10-24)21-17(22-18(14)26)8-12-3-4-12/h12-13H,1-11H2,(H2,20,25)(H,21,22,26)/t13-/m1/s1. The Bertz CT molecular complexity index is 801. The highest BCUT2D eigenvalue weighted by molar-refractivity contribution is 5.80. The first kappa shape index (κ1) is 18.2. The summed E-state index contributed by atoms with van der Waals surface area (Å²) >= 11 is 0. The van der Waals surface area contributed by atoms with Gasteiger partial charge in [0.2, 0.25) is 11.8 Å². The van der Waals surface area contributed by atoms with E-state index in [0.29, 0.717) is 32.0 Å². The molecule has 3 N–H and O–H groups in total. The van der Waals surface area contributed by atoms with E-state index in [9.17, 15) is 14.4 Å². The van der Waals surface area contributed by atoms with Crippen LogP contribution in [0.5, 0.6) is 0 Å². The van der Waals surface area contributed by atoms with Gasteiger partial charge in [-0.25, -0.2) is 4.98 Å². The quantitative estimate of drug-likeness (QED) is 0.743. The molecule has 1 aromatic rings. The molecule has 1 saturated carbocycles. The molecule has 8 nitrogen and oxygen atoms in total. The fourth-order valence-electron chi connectivity index (χ4n) is 4.25. The molecule has 3 heterocycles. The molecule has 1 atom stereocenters. The second-order valence-corrected chi connectivity index (χ2v) is 8.14. The average molecular weight is 373 g/mol. The summed E-state index contributed by atoms with van der Waals surface area (Å²) in [4.78, 5) is 47.9. The third-order valence-electron chi connectivity index (χ3n) is 5.85. The zero-order valence-corrected chi connectivity index (χ0v) is 15.6. The first-order valence-electron chi connectivity index (χ1n) is 9.90. The minimum absolute atomic E-state index is 0.0481. The topological polar surface area (TPSA) is 112 Å². The van der Waals surface area contributed by atoms with Crippen molar-refractivity contribution < 1.29 is 9.59 Å². The molecule has 2 aliphatic heterocycles. The number of likely N-dealkylation sites (tertiary alicyclic amines) is 1. The summed E-state index contributed by atoms with van der Waals surface area (Å²) in [6, 6.07) is 0. The molecular weight excluding hydrogens is 346 g/mol. The van der Waals surface area contributed by atoms with E-state index in [1.807, 2.05) is 9.80 Å². The lowest BCUT2D eigenvalue weighted by Gasteiger charge is -2.35. The molecule has 0 aromatic carbocycles. The van der Waals surface area contributed by atoms with Gasteiger partial charge in [0, 0.05) is 25.1 Å². The van der Waals surface area contributed by atoms with Gasteiger partial charge in [-0.2, -0.15) is 0 Å². The number of nitrogens with one attached hydrogen (secondary N) is 1. The molecular formula is C19H27N5O3. The molecule has 0 spiro atoms. The molecule has 2 fully saturated rings. The van der Waals surface area contributed by atoms with Crippen LogP contribution in [0.25, 0.3) is 0 Å². The summed E-state index contributed by atoms with van der Waals surface area (Å²) in [5, 5.41) is 0. The number of H-pyrrole nitrogens is 1. The zero-order valence-electron chi connectivity index (χ0n) is 15.6. The number of aromatic nitrogens is 2. The predicted octanol–water partition coefficient (Wildman–Crippen LogP) is -0.196. The number of primary amides is 1. The third kappa shape index (κ3) is 4.21. The average Bonchev–Trinajstić information content (AvgIpc) is 3.44. The first-order valence-corrected chi connectivity index (χ1v) is 9.90. The van der Waals surface area contributed by atoms with Crippen LogP contribution < -0.4 is 11.3 Å². The maximum absolute atomic E-state index is 13.0. The second kappa shape index (κ2) is 7.42. The van der Waals surface area contributed by atoms with Gasteiger partial charge in [-0.1, -0.05) is 0 Å². The van der Waals surface area contributed by atoms with Crippen molar-refractivity contribution in [3.63, 3.8) is 0 Å². The summed E-state index contributed by atoms with van der Waals surface area (Å²) in [5.74, 6) is 1.02. The maximum atomic E-state index is 13.0. The number of amides is 2. The number of carbonyl (C=O) groups is 2. The summed E-state index contributed by atoms with van der Waals surface area (Å²) in [7, 11) is 0. The van der Waals surface area contributed by atoms with Gasteiger partial charge in [0.15, 0.2) is 0 Å². The molecule has 8 heteroatoms. The van der Waals surface area contributed by atoms with E-state index in [-0.39, 0.29) is 29.8 Å². The van der Waals surface area contributed by atoms with E-state index in [2.05, 4.69) is 9.97 Å². The van der Waals surface area contributed by atoms with E-state index in [4.69, 9.17) is 5.73 Å². The number of hydrogen-bond acceptors (Lipinski definition) is 5. The van der Waals surface area contributed by atoms with Crippen molar-refractivity contribution >= 4 is 11.8 Å². The van der Waals surface area contributed by atoms with E-state index >= 15 is 0 Å². The molecule has 27 heavy (non-hydrogen) atoms. The Morgan fingerprint density at radius 2 is 2.04 bits per heavy atom. The summed E-state index contributed by atoms with van der Waals surface area (Å²) in [6.45, 7) is 2.53. The van der Waals surface area contributed by atoms with Gasteiger partial charge in [-0.3, -0.25) is 19.3 Å². The molecule has 0 radical (unpaired) electrons. The van der Waals surface area contributed by atoms with E-state index in [0.717, 1.165) is 42.9 Å². The van der Waals surface area contributed by atoms with Crippen LogP contribution in [0.4, 0.5) is 0 Å². The Balaban J connectivity index is 1.45. The number of piperidine rings is 1. The monoisotopic (exact) mass is 373 g/mol. The van der Waals surface area contributed by atoms with Crippen molar-refractivity contribution in [3.8, 4) is 0 Å². The minimum atomic E-state index is -0.360. The van der Waals surface area contributed by atoms with Crippen molar-refractivity contribution in [2.75, 3.05) is 26.2 Å². The van der Waals surface area contributed by atoms with E-state index in [1.165, 1.54) is 12.8 Å². The number of carbonyl (C=O) groups excluding carboxylic acids is 2. The van der Waals surface area contributed by atoms with Crippen LogP contribution in [-0.2, 0) is 29.0 Å². The van der Waals surface area contributed by atoms with E-state index < -0.39 is 0 Å². The zero-order chi connectivity index (χ0) is 19.0. The molecule has 146 valence electrons. The van der Waals surface area contributed by atoms with Gasteiger partial charge in [0.25, 0.3) is 5.56 Å². The molecule has 0 unspecified atom stereocenters. The van der Waals surface area contributed by atoms with Crippen LogP contribution in [0.3, 0.4) is 0 Å². The van der Waals surface area contributed by atoms with Crippen molar-refractivity contribution in [1.82, 2.24) is 19.8 Å². The number of nitrogens with zero attached hydrogens (tertiary/aromatic N) is 3. The number of aromatic amines is 1. The SMILES string of the molecule is NC(=O)CN1CCC[C@@H](C(=O)N2CCc3c(nc(CC4CC4)[nH]c3=O)C2)C1. The Hall–Kier alpha value is -2.22. The highest BCUT2D eigenvalue weighted by atomic mass is 16.2. The molecule has 4 rings (SSSR count). The van der Waals surface area contributed by atoms with Gasteiger partial charge in [-0.05, 0) is 44.6 Å². The molecule has 3 aliphatic rings. The third-order valence-corrected chi connectivity index (χ3v) is 5.85. The van der Waals surface area contributed by atoms with Crippen LogP contribution in [0.2, 0.25) is 0 Å². The maximum Gasteiger partial charge on any atom is 0.254 e. The van der Waals surface area contributed by atoms with Gasteiger partial charge >= 0.3 is 0 Å². The van der Waals surface area contributed by atoms with Gasteiger partial charge in [-0.15, -0.1) is 0 Å². The lowest BCUT2D eigenvalue weighted by Crippen LogP contribution is -2.48. The van der Waals surface area contributed by atoms with E-state index in [1.54, 1.807) is 0 Å². The van der Waals surface area contributed by atoms with Crippen LogP contribution in [0, 0.1) is 11.8 Å². The predicted molar refractivity (Wildman–Crippen MR) is 98.8 cm³/mol. The van der Waals surface area contributed by atoms with Crippen molar-refractivity contribution in [3.05, 3.63) is 27.4 Å². The Labute approximate surface area is 158 Å². The highest BCUT2D eigenvalue weighted by Gasteiger charge is 2.32. The molecule has 1 aromatic heterocycles. The minimum Gasteiger partial charge on any atom is -0.369 e. The summed E-state index contributed by atoms with van der Waals surface area (Å²) in [5.41, 5.74) is 6.71. The summed E-state index contributed by atoms with van der Waals surface area (Å²) < 4.78 is 0. The highest BCUT2D eigenvalue weighted by Crippen LogP contribution is 2.31. The Morgan fingerprint density at radius 3 is 2.78 bits per heavy atom. The van der Waals surface area contributed by atoms with Gasteiger partial charge < -0.3 is 15.6 Å². The van der Waals surface area contributed by atoms with Crippen LogP contribution in [0.1, 0.15) is 42.8 Å². The van der Waals surface area contributed by atoms with Crippen LogP contribution >= 0.6 is 0 Å². The number of fused-ring (bicyclic) bond motifs is 1.